The van der Waals surface area contributed by atoms with Gasteiger partial charge < -0.3 is 4.52 Å². The molecule has 0 bridgehead atoms. The van der Waals surface area contributed by atoms with Gasteiger partial charge in [-0.2, -0.15) is 5.10 Å². The van der Waals surface area contributed by atoms with Crippen molar-refractivity contribution in [2.45, 2.75) is 38.6 Å². The molecule has 1 atom stereocenters. The number of hydrogen-bond donors (Lipinski definition) is 1. The number of carbonyl (C=O) groups is 1. The van der Waals surface area contributed by atoms with Crippen molar-refractivity contribution in [1.29, 1.82) is 0 Å². The molecule has 1 saturated heterocycles. The van der Waals surface area contributed by atoms with Crippen LogP contribution >= 0.6 is 0 Å². The Hall–Kier alpha value is -2.15. The summed E-state index contributed by atoms with van der Waals surface area (Å²) in [5.41, 5.74) is 2.03. The van der Waals surface area contributed by atoms with Crippen molar-refractivity contribution in [2.75, 3.05) is 18.4 Å². The summed E-state index contributed by atoms with van der Waals surface area (Å²) in [5.74, 6) is 0.871. The monoisotopic (exact) mass is 317 g/mol. The van der Waals surface area contributed by atoms with Gasteiger partial charge in [-0.1, -0.05) is 5.16 Å². The molecule has 7 nitrogen and oxygen atoms in total. The minimum absolute atomic E-state index is 0.0554. The van der Waals surface area contributed by atoms with Crippen molar-refractivity contribution in [3.05, 3.63) is 29.7 Å². The molecular formula is C16H23N5O2. The summed E-state index contributed by atoms with van der Waals surface area (Å²) in [6, 6.07) is 3.62. The van der Waals surface area contributed by atoms with E-state index in [1.54, 1.807) is 6.07 Å². The van der Waals surface area contributed by atoms with E-state index in [4.69, 9.17) is 4.52 Å². The fourth-order valence-electron chi connectivity index (χ4n) is 3.18. The van der Waals surface area contributed by atoms with Gasteiger partial charge in [-0.25, -0.2) is 0 Å². The Kier molecular flexibility index (Phi) is 4.47. The summed E-state index contributed by atoms with van der Waals surface area (Å²) < 4.78 is 6.99. The van der Waals surface area contributed by atoms with Crippen LogP contribution in [0.1, 0.15) is 37.1 Å². The maximum atomic E-state index is 12.3. The number of anilines is 1. The Morgan fingerprint density at radius 1 is 1.43 bits per heavy atom. The molecule has 2 aromatic heterocycles. The molecule has 2 aromatic rings. The summed E-state index contributed by atoms with van der Waals surface area (Å²) in [6.07, 6.45) is 3.92. The Morgan fingerprint density at radius 2 is 2.17 bits per heavy atom. The first-order chi connectivity index (χ1) is 11.0. The maximum Gasteiger partial charge on any atom is 0.243 e. The first-order valence-electron chi connectivity index (χ1n) is 8.00. The van der Waals surface area contributed by atoms with E-state index >= 15 is 0 Å². The Bertz CT molecular complexity index is 670. The molecule has 0 radical (unpaired) electrons. The molecule has 3 rings (SSSR count). The van der Waals surface area contributed by atoms with Gasteiger partial charge in [0.1, 0.15) is 0 Å². The van der Waals surface area contributed by atoms with Gasteiger partial charge in [-0.05, 0) is 45.8 Å². The van der Waals surface area contributed by atoms with Gasteiger partial charge in [0, 0.05) is 30.9 Å². The van der Waals surface area contributed by atoms with Crippen LogP contribution in [0.3, 0.4) is 0 Å². The minimum Gasteiger partial charge on any atom is -0.338 e. The number of hydrogen-bond acceptors (Lipinski definition) is 5. The van der Waals surface area contributed by atoms with E-state index in [2.05, 4.69) is 26.5 Å². The SMILES string of the molecule is Cc1cc(NC(=O)[C@@H](C)N2CCC(c3ccnn3C)CC2)on1. The zero-order chi connectivity index (χ0) is 16.4. The molecular weight excluding hydrogens is 294 g/mol. The number of carbonyl (C=O) groups excluding carboxylic acids is 1. The second kappa shape index (κ2) is 6.54. The smallest absolute Gasteiger partial charge is 0.243 e. The third-order valence-corrected chi connectivity index (χ3v) is 4.61. The van der Waals surface area contributed by atoms with Crippen molar-refractivity contribution >= 4 is 11.8 Å². The first-order valence-corrected chi connectivity index (χ1v) is 8.00. The lowest BCUT2D eigenvalue weighted by Crippen LogP contribution is -2.45. The molecule has 0 saturated carbocycles. The fourth-order valence-corrected chi connectivity index (χ4v) is 3.18. The van der Waals surface area contributed by atoms with Gasteiger partial charge >= 0.3 is 0 Å². The molecule has 1 amide bonds. The van der Waals surface area contributed by atoms with Crippen molar-refractivity contribution in [3.63, 3.8) is 0 Å². The molecule has 3 heterocycles. The number of nitrogens with zero attached hydrogens (tertiary/aromatic N) is 4. The number of amides is 1. The molecule has 0 aromatic carbocycles. The van der Waals surface area contributed by atoms with Crippen LogP contribution in [0.25, 0.3) is 0 Å². The van der Waals surface area contributed by atoms with Crippen molar-refractivity contribution in [3.8, 4) is 0 Å². The predicted octanol–water partition coefficient (Wildman–Crippen LogP) is 1.92. The molecule has 1 N–H and O–H groups in total. The van der Waals surface area contributed by atoms with Gasteiger partial charge in [-0.15, -0.1) is 0 Å². The van der Waals surface area contributed by atoms with E-state index in [-0.39, 0.29) is 11.9 Å². The minimum atomic E-state index is -0.187. The fraction of sp³-hybridized carbons (Fsp3) is 0.562. The Morgan fingerprint density at radius 3 is 2.74 bits per heavy atom. The van der Waals surface area contributed by atoms with Crippen LogP contribution in [0.2, 0.25) is 0 Å². The Balaban J connectivity index is 1.54. The molecule has 124 valence electrons. The molecule has 1 fully saturated rings. The Labute approximate surface area is 135 Å². The van der Waals surface area contributed by atoms with Crippen molar-refractivity contribution in [2.24, 2.45) is 7.05 Å². The topological polar surface area (TPSA) is 76.2 Å². The van der Waals surface area contributed by atoms with Crippen LogP contribution in [0.15, 0.2) is 22.9 Å². The van der Waals surface area contributed by atoms with E-state index in [1.165, 1.54) is 5.69 Å². The van der Waals surface area contributed by atoms with Gasteiger partial charge in [-0.3, -0.25) is 19.7 Å². The van der Waals surface area contributed by atoms with E-state index in [9.17, 15) is 4.79 Å². The third kappa shape index (κ3) is 3.44. The quantitative estimate of drug-likeness (QED) is 0.932. The van der Waals surface area contributed by atoms with Crippen LogP contribution in [0.4, 0.5) is 5.88 Å². The zero-order valence-corrected chi connectivity index (χ0v) is 13.8. The van der Waals surface area contributed by atoms with E-state index in [1.807, 2.05) is 31.8 Å². The van der Waals surface area contributed by atoms with Gasteiger partial charge in [0.15, 0.2) is 0 Å². The maximum absolute atomic E-state index is 12.3. The lowest BCUT2D eigenvalue weighted by molar-refractivity contribution is -0.121. The average Bonchev–Trinajstić information content (AvgIpc) is 3.15. The lowest BCUT2D eigenvalue weighted by Gasteiger charge is -2.35. The van der Waals surface area contributed by atoms with Crippen molar-refractivity contribution < 1.29 is 9.32 Å². The summed E-state index contributed by atoms with van der Waals surface area (Å²) in [6.45, 7) is 5.56. The van der Waals surface area contributed by atoms with E-state index in [0.29, 0.717) is 11.8 Å². The van der Waals surface area contributed by atoms with Crippen LogP contribution in [0, 0.1) is 6.92 Å². The summed E-state index contributed by atoms with van der Waals surface area (Å²) in [5, 5.41) is 10.8. The molecule has 0 aliphatic carbocycles. The molecule has 7 heteroatoms. The summed E-state index contributed by atoms with van der Waals surface area (Å²) >= 11 is 0. The van der Waals surface area contributed by atoms with Crippen LogP contribution < -0.4 is 5.32 Å². The number of nitrogens with one attached hydrogen (secondary N) is 1. The van der Waals surface area contributed by atoms with Crippen LogP contribution in [0.5, 0.6) is 0 Å². The van der Waals surface area contributed by atoms with Gasteiger partial charge in [0.25, 0.3) is 0 Å². The third-order valence-electron chi connectivity index (χ3n) is 4.61. The average molecular weight is 317 g/mol. The molecule has 1 aliphatic heterocycles. The number of rotatable bonds is 4. The summed E-state index contributed by atoms with van der Waals surface area (Å²) in [4.78, 5) is 14.5. The predicted molar refractivity (Wildman–Crippen MR) is 86.1 cm³/mol. The number of aryl methyl sites for hydroxylation is 2. The van der Waals surface area contributed by atoms with Gasteiger partial charge in [0.05, 0.1) is 11.7 Å². The highest BCUT2D eigenvalue weighted by atomic mass is 16.5. The van der Waals surface area contributed by atoms with Gasteiger partial charge in [0.2, 0.25) is 11.8 Å². The second-order valence-electron chi connectivity index (χ2n) is 6.19. The van der Waals surface area contributed by atoms with Crippen molar-refractivity contribution in [1.82, 2.24) is 19.8 Å². The lowest BCUT2D eigenvalue weighted by atomic mass is 9.92. The highest BCUT2D eigenvalue weighted by Gasteiger charge is 2.28. The number of piperidine rings is 1. The van der Waals surface area contributed by atoms with E-state index in [0.717, 1.165) is 31.6 Å². The molecule has 0 spiro atoms. The highest BCUT2D eigenvalue weighted by molar-refractivity contribution is 5.93. The standard InChI is InChI=1S/C16H23N5O2/c1-11-10-15(23-19-11)18-16(22)12(2)21-8-5-13(6-9-21)14-4-7-17-20(14)3/h4,7,10,12-13H,5-6,8-9H2,1-3H3,(H,18,22)/t12-/m1/s1. The zero-order valence-electron chi connectivity index (χ0n) is 13.8. The van der Waals surface area contributed by atoms with Crippen LogP contribution in [-0.2, 0) is 11.8 Å². The highest BCUT2D eigenvalue weighted by Crippen LogP contribution is 2.28. The molecule has 1 aliphatic rings. The number of likely N-dealkylation sites (tertiary alicyclic amines) is 1. The van der Waals surface area contributed by atoms with Crippen LogP contribution in [-0.4, -0.2) is 44.9 Å². The molecule has 0 unspecified atom stereocenters. The largest absolute Gasteiger partial charge is 0.338 e. The normalized spacial score (nSPS) is 18.0. The first kappa shape index (κ1) is 15.7. The van der Waals surface area contributed by atoms with E-state index < -0.39 is 0 Å². The second-order valence-corrected chi connectivity index (χ2v) is 6.19. The molecule has 23 heavy (non-hydrogen) atoms. The number of aromatic nitrogens is 3. The summed E-state index contributed by atoms with van der Waals surface area (Å²) in [7, 11) is 1.98.